The van der Waals surface area contributed by atoms with E-state index in [0.717, 1.165) is 19.1 Å². The van der Waals surface area contributed by atoms with Crippen molar-refractivity contribution in [2.24, 2.45) is 5.92 Å². The first-order valence-corrected chi connectivity index (χ1v) is 5.93. The molecule has 1 aliphatic rings. The molecule has 0 amide bonds. The van der Waals surface area contributed by atoms with Crippen LogP contribution in [-0.4, -0.2) is 36.2 Å². The molecule has 0 aromatic heterocycles. The summed E-state index contributed by atoms with van der Waals surface area (Å²) >= 11 is 0. The summed E-state index contributed by atoms with van der Waals surface area (Å²) in [4.78, 5) is 2.59. The third kappa shape index (κ3) is 2.71. The van der Waals surface area contributed by atoms with E-state index in [1.807, 2.05) is 0 Å². The second kappa shape index (κ2) is 5.13. The zero-order valence-electron chi connectivity index (χ0n) is 10.3. The van der Waals surface area contributed by atoms with Gasteiger partial charge in [0.2, 0.25) is 0 Å². The molecule has 2 atom stereocenters. The smallest absolute Gasteiger partial charge is 0.0717 e. The highest BCUT2D eigenvalue weighted by atomic mass is 16.5. The highest BCUT2D eigenvalue weighted by molar-refractivity contribution is 4.89. The lowest BCUT2D eigenvalue weighted by molar-refractivity contribution is 0.0659. The van der Waals surface area contributed by atoms with Crippen molar-refractivity contribution < 1.29 is 4.74 Å². The predicted octanol–water partition coefficient (Wildman–Crippen LogP) is 2.53. The van der Waals surface area contributed by atoms with Gasteiger partial charge in [0, 0.05) is 25.2 Å². The van der Waals surface area contributed by atoms with Gasteiger partial charge in [-0.25, -0.2) is 0 Å². The number of hydrogen-bond acceptors (Lipinski definition) is 2. The van der Waals surface area contributed by atoms with Crippen LogP contribution in [0.2, 0.25) is 0 Å². The second-order valence-corrected chi connectivity index (χ2v) is 4.91. The molecule has 1 aliphatic heterocycles. The molecule has 14 heavy (non-hydrogen) atoms. The Kier molecular flexibility index (Phi) is 4.39. The second-order valence-electron chi connectivity index (χ2n) is 4.91. The van der Waals surface area contributed by atoms with Gasteiger partial charge in [-0.3, -0.25) is 4.90 Å². The minimum atomic E-state index is 0.467. The van der Waals surface area contributed by atoms with Crippen LogP contribution in [0, 0.1) is 5.92 Å². The van der Waals surface area contributed by atoms with Crippen LogP contribution in [0.25, 0.3) is 0 Å². The van der Waals surface area contributed by atoms with Crippen LogP contribution < -0.4 is 0 Å². The Morgan fingerprint density at radius 3 is 2.29 bits per heavy atom. The Morgan fingerprint density at radius 1 is 1.29 bits per heavy atom. The van der Waals surface area contributed by atoms with Crippen LogP contribution in [0.4, 0.5) is 0 Å². The van der Waals surface area contributed by atoms with E-state index in [0.29, 0.717) is 18.2 Å². The van der Waals surface area contributed by atoms with Crippen molar-refractivity contribution in [1.29, 1.82) is 0 Å². The van der Waals surface area contributed by atoms with Crippen molar-refractivity contribution in [3.05, 3.63) is 0 Å². The van der Waals surface area contributed by atoms with Gasteiger partial charge in [-0.2, -0.15) is 0 Å². The highest BCUT2D eigenvalue weighted by Crippen LogP contribution is 2.27. The van der Waals surface area contributed by atoms with Gasteiger partial charge in [0.05, 0.1) is 6.10 Å². The summed E-state index contributed by atoms with van der Waals surface area (Å²) in [5.74, 6) is 0.739. The normalized spacial score (nSPS) is 29.4. The fourth-order valence-electron chi connectivity index (χ4n) is 2.46. The largest absolute Gasteiger partial charge is 0.377 e. The molecule has 0 aromatic rings. The fraction of sp³-hybridized carbons (Fsp3) is 1.00. The molecule has 0 unspecified atom stereocenters. The van der Waals surface area contributed by atoms with E-state index in [1.54, 1.807) is 0 Å². The average molecular weight is 199 g/mol. The Morgan fingerprint density at radius 2 is 1.93 bits per heavy atom. The predicted molar refractivity (Wildman–Crippen MR) is 60.5 cm³/mol. The monoisotopic (exact) mass is 199 g/mol. The van der Waals surface area contributed by atoms with Crippen LogP contribution in [0.15, 0.2) is 0 Å². The number of nitrogens with zero attached hydrogens (tertiary/aromatic N) is 1. The maximum atomic E-state index is 5.72. The van der Waals surface area contributed by atoms with Gasteiger partial charge in [-0.1, -0.05) is 13.8 Å². The molecule has 0 aromatic carbocycles. The topological polar surface area (TPSA) is 12.5 Å². The van der Waals surface area contributed by atoms with E-state index in [1.165, 1.54) is 6.42 Å². The Hall–Kier alpha value is -0.0800. The SMILES string of the molecule is CCO[C@H]1C[C@@H](C(C)C)N(C(C)C)C1. The maximum Gasteiger partial charge on any atom is 0.0717 e. The Labute approximate surface area is 88.6 Å². The first-order valence-electron chi connectivity index (χ1n) is 5.93. The summed E-state index contributed by atoms with van der Waals surface area (Å²) in [6, 6.07) is 1.36. The minimum Gasteiger partial charge on any atom is -0.377 e. The van der Waals surface area contributed by atoms with Gasteiger partial charge in [0.1, 0.15) is 0 Å². The molecule has 0 radical (unpaired) electrons. The number of hydrogen-bond donors (Lipinski definition) is 0. The van der Waals surface area contributed by atoms with E-state index in [4.69, 9.17) is 4.74 Å². The standard InChI is InChI=1S/C12H25NO/c1-6-14-11-7-12(9(2)3)13(8-11)10(4)5/h9-12H,6-8H2,1-5H3/t11-,12-/m0/s1. The lowest BCUT2D eigenvalue weighted by atomic mass is 10.0. The molecule has 1 rings (SSSR count). The van der Waals surface area contributed by atoms with Crippen LogP contribution in [0.1, 0.15) is 41.0 Å². The van der Waals surface area contributed by atoms with Gasteiger partial charge >= 0.3 is 0 Å². The molecule has 0 bridgehead atoms. The van der Waals surface area contributed by atoms with Crippen molar-refractivity contribution in [2.75, 3.05) is 13.2 Å². The highest BCUT2D eigenvalue weighted by Gasteiger charge is 2.35. The van der Waals surface area contributed by atoms with Crippen LogP contribution in [0.3, 0.4) is 0 Å². The number of likely N-dealkylation sites (tertiary alicyclic amines) is 1. The molecule has 1 saturated heterocycles. The third-order valence-electron chi connectivity index (χ3n) is 3.18. The number of rotatable bonds is 4. The molecule has 0 aliphatic carbocycles. The van der Waals surface area contributed by atoms with Crippen molar-refractivity contribution in [1.82, 2.24) is 4.90 Å². The fourth-order valence-corrected chi connectivity index (χ4v) is 2.46. The van der Waals surface area contributed by atoms with E-state index in [2.05, 4.69) is 39.5 Å². The molecule has 1 heterocycles. The molecule has 2 nitrogen and oxygen atoms in total. The van der Waals surface area contributed by atoms with Crippen molar-refractivity contribution in [3.63, 3.8) is 0 Å². The van der Waals surface area contributed by atoms with E-state index < -0.39 is 0 Å². The molecule has 84 valence electrons. The van der Waals surface area contributed by atoms with Gasteiger partial charge < -0.3 is 4.74 Å². The first-order chi connectivity index (χ1) is 6.56. The molecule has 0 spiro atoms. The van der Waals surface area contributed by atoms with Gasteiger partial charge in [-0.05, 0) is 33.1 Å². The van der Waals surface area contributed by atoms with Crippen LogP contribution >= 0.6 is 0 Å². The summed E-state index contributed by atoms with van der Waals surface area (Å²) in [7, 11) is 0. The van der Waals surface area contributed by atoms with Crippen molar-refractivity contribution in [3.8, 4) is 0 Å². The summed E-state index contributed by atoms with van der Waals surface area (Å²) in [5.41, 5.74) is 0. The zero-order valence-corrected chi connectivity index (χ0v) is 10.3. The van der Waals surface area contributed by atoms with Gasteiger partial charge in [0.25, 0.3) is 0 Å². The lowest BCUT2D eigenvalue weighted by Gasteiger charge is -2.30. The summed E-state index contributed by atoms with van der Waals surface area (Å²) in [6.07, 6.45) is 1.68. The Bertz CT molecular complexity index is 152. The average Bonchev–Trinajstić information content (AvgIpc) is 2.49. The molecular weight excluding hydrogens is 174 g/mol. The summed E-state index contributed by atoms with van der Waals surface area (Å²) < 4.78 is 5.72. The van der Waals surface area contributed by atoms with Gasteiger partial charge in [0.15, 0.2) is 0 Å². The molecule has 1 fully saturated rings. The van der Waals surface area contributed by atoms with E-state index in [9.17, 15) is 0 Å². The maximum absolute atomic E-state index is 5.72. The zero-order chi connectivity index (χ0) is 10.7. The molecular formula is C12H25NO. The molecule has 0 N–H and O–H groups in total. The van der Waals surface area contributed by atoms with E-state index >= 15 is 0 Å². The van der Waals surface area contributed by atoms with Crippen molar-refractivity contribution in [2.45, 2.75) is 59.2 Å². The van der Waals surface area contributed by atoms with Crippen LogP contribution in [-0.2, 0) is 4.74 Å². The summed E-state index contributed by atoms with van der Waals surface area (Å²) in [6.45, 7) is 13.2. The van der Waals surface area contributed by atoms with Crippen LogP contribution in [0.5, 0.6) is 0 Å². The minimum absolute atomic E-state index is 0.467. The molecule has 2 heteroatoms. The first kappa shape index (κ1) is 12.0. The summed E-state index contributed by atoms with van der Waals surface area (Å²) in [5, 5.41) is 0. The Balaban J connectivity index is 2.56. The van der Waals surface area contributed by atoms with Crippen molar-refractivity contribution >= 4 is 0 Å². The lowest BCUT2D eigenvalue weighted by Crippen LogP contribution is -2.38. The quantitative estimate of drug-likeness (QED) is 0.690. The van der Waals surface area contributed by atoms with Gasteiger partial charge in [-0.15, -0.1) is 0 Å². The molecule has 0 saturated carbocycles. The van der Waals surface area contributed by atoms with E-state index in [-0.39, 0.29) is 0 Å². The number of ether oxygens (including phenoxy) is 1. The third-order valence-corrected chi connectivity index (χ3v) is 3.18.